The van der Waals surface area contributed by atoms with Crippen molar-refractivity contribution in [3.63, 3.8) is 0 Å². The molecule has 0 saturated carbocycles. The molecule has 15 heavy (non-hydrogen) atoms. The second-order valence-corrected chi connectivity index (χ2v) is 4.70. The van der Waals surface area contributed by atoms with Gasteiger partial charge in [-0.25, -0.2) is 0 Å². The zero-order valence-corrected chi connectivity index (χ0v) is 9.77. The Morgan fingerprint density at radius 1 is 1.60 bits per heavy atom. The van der Waals surface area contributed by atoms with Gasteiger partial charge in [0, 0.05) is 33.4 Å². The Morgan fingerprint density at radius 3 is 2.73 bits per heavy atom. The molecule has 3 atom stereocenters. The number of likely N-dealkylation sites (tertiary alicyclic amines) is 1. The van der Waals surface area contributed by atoms with Gasteiger partial charge in [-0.1, -0.05) is 13.8 Å². The molecule has 0 bridgehead atoms. The summed E-state index contributed by atoms with van der Waals surface area (Å²) in [6, 6.07) is 0. The molecule has 88 valence electrons. The van der Waals surface area contributed by atoms with Crippen molar-refractivity contribution in [2.75, 3.05) is 33.4 Å². The largest absolute Gasteiger partial charge is 0.481 e. The zero-order valence-electron chi connectivity index (χ0n) is 9.77. The Labute approximate surface area is 91.2 Å². The molecular formula is C11H21NO3. The molecule has 1 saturated heterocycles. The van der Waals surface area contributed by atoms with Gasteiger partial charge in [0.25, 0.3) is 0 Å². The average Bonchev–Trinajstić information content (AvgIpc) is 2.47. The molecule has 0 radical (unpaired) electrons. The van der Waals surface area contributed by atoms with Crippen LogP contribution >= 0.6 is 0 Å². The Morgan fingerprint density at radius 2 is 2.27 bits per heavy atom. The molecule has 1 aliphatic rings. The fraction of sp³-hybridized carbons (Fsp3) is 0.909. The number of hydrogen-bond donors (Lipinski definition) is 1. The van der Waals surface area contributed by atoms with Crippen LogP contribution in [-0.4, -0.2) is 49.3 Å². The van der Waals surface area contributed by atoms with Crippen molar-refractivity contribution in [2.45, 2.75) is 13.8 Å². The Kier molecular flexibility index (Phi) is 4.54. The Hall–Kier alpha value is -0.610. The van der Waals surface area contributed by atoms with E-state index < -0.39 is 5.97 Å². The molecule has 1 aliphatic heterocycles. The van der Waals surface area contributed by atoms with Gasteiger partial charge >= 0.3 is 5.97 Å². The van der Waals surface area contributed by atoms with Crippen LogP contribution in [0.4, 0.5) is 0 Å². The normalized spacial score (nSPS) is 29.3. The average molecular weight is 215 g/mol. The third-order valence-corrected chi connectivity index (χ3v) is 3.03. The third-order valence-electron chi connectivity index (χ3n) is 3.03. The number of carboxylic acid groups (broad SMARTS) is 1. The van der Waals surface area contributed by atoms with Gasteiger partial charge in [0.15, 0.2) is 0 Å². The van der Waals surface area contributed by atoms with E-state index >= 15 is 0 Å². The topological polar surface area (TPSA) is 49.8 Å². The fourth-order valence-corrected chi connectivity index (χ4v) is 2.32. The number of rotatable bonds is 5. The first kappa shape index (κ1) is 12.5. The maximum Gasteiger partial charge on any atom is 0.308 e. The summed E-state index contributed by atoms with van der Waals surface area (Å²) in [5.74, 6) is -0.129. The maximum absolute atomic E-state index is 10.9. The summed E-state index contributed by atoms with van der Waals surface area (Å²) in [4.78, 5) is 13.1. The van der Waals surface area contributed by atoms with E-state index in [1.165, 1.54) is 0 Å². The van der Waals surface area contributed by atoms with Crippen LogP contribution in [0.15, 0.2) is 0 Å². The van der Waals surface area contributed by atoms with Crippen LogP contribution in [-0.2, 0) is 9.53 Å². The minimum atomic E-state index is -0.663. The highest BCUT2D eigenvalue weighted by Crippen LogP contribution is 2.23. The number of methoxy groups -OCH3 is 1. The van der Waals surface area contributed by atoms with Gasteiger partial charge in [0.1, 0.15) is 0 Å². The molecule has 4 nitrogen and oxygen atoms in total. The predicted octanol–water partition coefficient (Wildman–Crippen LogP) is 0.921. The molecule has 0 aromatic heterocycles. The van der Waals surface area contributed by atoms with Crippen molar-refractivity contribution < 1.29 is 14.6 Å². The van der Waals surface area contributed by atoms with Gasteiger partial charge in [-0.3, -0.25) is 4.79 Å². The summed E-state index contributed by atoms with van der Waals surface area (Å²) in [7, 11) is 1.70. The van der Waals surface area contributed by atoms with Gasteiger partial charge in [0.2, 0.25) is 0 Å². The highest BCUT2D eigenvalue weighted by atomic mass is 16.5. The van der Waals surface area contributed by atoms with Crippen molar-refractivity contribution in [2.24, 2.45) is 17.8 Å². The number of carbonyl (C=O) groups is 1. The lowest BCUT2D eigenvalue weighted by molar-refractivity contribution is -0.142. The van der Waals surface area contributed by atoms with E-state index in [0.29, 0.717) is 12.5 Å². The van der Waals surface area contributed by atoms with E-state index in [2.05, 4.69) is 11.8 Å². The SMILES string of the molecule is COCC(C)CN1C[C@@H](C)[C@H](C(=O)O)C1. The number of hydrogen-bond acceptors (Lipinski definition) is 3. The molecule has 0 aromatic carbocycles. The van der Waals surface area contributed by atoms with Crippen LogP contribution in [0.3, 0.4) is 0 Å². The van der Waals surface area contributed by atoms with Gasteiger partial charge < -0.3 is 14.7 Å². The lowest BCUT2D eigenvalue weighted by Gasteiger charge is -2.19. The van der Waals surface area contributed by atoms with E-state index in [0.717, 1.165) is 19.7 Å². The highest BCUT2D eigenvalue weighted by molar-refractivity contribution is 5.71. The lowest BCUT2D eigenvalue weighted by Crippen LogP contribution is -2.29. The summed E-state index contributed by atoms with van der Waals surface area (Å²) >= 11 is 0. The van der Waals surface area contributed by atoms with Crippen molar-refractivity contribution in [3.05, 3.63) is 0 Å². The van der Waals surface area contributed by atoms with E-state index in [9.17, 15) is 4.79 Å². The molecule has 1 unspecified atom stereocenters. The van der Waals surface area contributed by atoms with Gasteiger partial charge in [-0.05, 0) is 11.8 Å². The lowest BCUT2D eigenvalue weighted by atomic mass is 9.99. The van der Waals surface area contributed by atoms with E-state index in [-0.39, 0.29) is 11.8 Å². The molecular weight excluding hydrogens is 194 g/mol. The first-order chi connectivity index (χ1) is 7.04. The molecule has 0 aromatic rings. The number of carboxylic acids is 1. The van der Waals surface area contributed by atoms with Gasteiger partial charge in [0.05, 0.1) is 5.92 Å². The molecule has 1 heterocycles. The van der Waals surface area contributed by atoms with Crippen LogP contribution in [0, 0.1) is 17.8 Å². The number of aliphatic carboxylic acids is 1. The molecule has 1 N–H and O–H groups in total. The molecule has 0 aliphatic carbocycles. The van der Waals surface area contributed by atoms with Crippen molar-refractivity contribution >= 4 is 5.97 Å². The highest BCUT2D eigenvalue weighted by Gasteiger charge is 2.34. The van der Waals surface area contributed by atoms with E-state index in [4.69, 9.17) is 9.84 Å². The van der Waals surface area contributed by atoms with E-state index in [1.54, 1.807) is 7.11 Å². The molecule has 4 heteroatoms. The van der Waals surface area contributed by atoms with Crippen molar-refractivity contribution in [1.29, 1.82) is 0 Å². The molecule has 0 amide bonds. The molecule has 0 spiro atoms. The summed E-state index contributed by atoms with van der Waals surface area (Å²) in [5, 5.41) is 8.99. The van der Waals surface area contributed by atoms with Crippen LogP contribution in [0.2, 0.25) is 0 Å². The van der Waals surface area contributed by atoms with Gasteiger partial charge in [-0.15, -0.1) is 0 Å². The fourth-order valence-electron chi connectivity index (χ4n) is 2.32. The van der Waals surface area contributed by atoms with Crippen LogP contribution in [0.5, 0.6) is 0 Å². The minimum absolute atomic E-state index is 0.195. The van der Waals surface area contributed by atoms with Gasteiger partial charge in [-0.2, -0.15) is 0 Å². The second kappa shape index (κ2) is 5.47. The second-order valence-electron chi connectivity index (χ2n) is 4.70. The quantitative estimate of drug-likeness (QED) is 0.741. The summed E-state index contributed by atoms with van der Waals surface area (Å²) in [6.07, 6.45) is 0. The zero-order chi connectivity index (χ0) is 11.4. The molecule has 1 rings (SSSR count). The maximum atomic E-state index is 10.9. The van der Waals surface area contributed by atoms with Crippen LogP contribution in [0.25, 0.3) is 0 Å². The summed E-state index contributed by atoms with van der Waals surface area (Å²) in [5.41, 5.74) is 0. The summed E-state index contributed by atoms with van der Waals surface area (Å²) < 4.78 is 5.07. The Bertz CT molecular complexity index is 220. The first-order valence-electron chi connectivity index (χ1n) is 5.48. The standard InChI is InChI=1S/C11H21NO3/c1-8(7-15-3)4-12-5-9(2)10(6-12)11(13)14/h8-10H,4-7H2,1-3H3,(H,13,14)/t8?,9-,10-/m1/s1. The third kappa shape index (κ3) is 3.47. The smallest absolute Gasteiger partial charge is 0.308 e. The van der Waals surface area contributed by atoms with E-state index in [1.807, 2.05) is 6.92 Å². The number of ether oxygens (including phenoxy) is 1. The molecule has 1 fully saturated rings. The monoisotopic (exact) mass is 215 g/mol. The summed E-state index contributed by atoms with van der Waals surface area (Å²) in [6.45, 7) is 7.39. The number of nitrogens with zero attached hydrogens (tertiary/aromatic N) is 1. The predicted molar refractivity (Wildman–Crippen MR) is 57.8 cm³/mol. The van der Waals surface area contributed by atoms with Crippen molar-refractivity contribution in [3.8, 4) is 0 Å². The Balaban J connectivity index is 2.38. The van der Waals surface area contributed by atoms with Crippen LogP contribution in [0.1, 0.15) is 13.8 Å². The first-order valence-corrected chi connectivity index (χ1v) is 5.48. The van der Waals surface area contributed by atoms with Crippen LogP contribution < -0.4 is 0 Å². The minimum Gasteiger partial charge on any atom is -0.481 e. The van der Waals surface area contributed by atoms with Crippen molar-refractivity contribution in [1.82, 2.24) is 4.90 Å².